The second-order valence-electron chi connectivity index (χ2n) is 7.74. The van der Waals surface area contributed by atoms with E-state index >= 15 is 0 Å². The molecule has 0 saturated carbocycles. The van der Waals surface area contributed by atoms with E-state index in [0.717, 1.165) is 18.1 Å². The van der Waals surface area contributed by atoms with Gasteiger partial charge in [-0.1, -0.05) is 30.3 Å². The van der Waals surface area contributed by atoms with Gasteiger partial charge in [-0.25, -0.2) is 18.4 Å². The number of aryl methyl sites for hydroxylation is 2. The zero-order chi connectivity index (χ0) is 21.5. The zero-order valence-corrected chi connectivity index (χ0v) is 16.4. The Kier molecular flexibility index (Phi) is 4.72. The van der Waals surface area contributed by atoms with Crippen LogP contribution in [0.1, 0.15) is 46.3 Å². The molecule has 0 fully saturated rings. The third-order valence-corrected chi connectivity index (χ3v) is 5.76. The van der Waals surface area contributed by atoms with Crippen LogP contribution in [0, 0.1) is 11.6 Å². The van der Waals surface area contributed by atoms with E-state index in [0.29, 0.717) is 17.9 Å². The van der Waals surface area contributed by atoms with Gasteiger partial charge in [0.2, 0.25) is 11.7 Å². The number of benzene rings is 2. The van der Waals surface area contributed by atoms with Crippen LogP contribution in [0.3, 0.4) is 0 Å². The minimum Gasteiger partial charge on any atom is -0.337 e. The highest BCUT2D eigenvalue weighted by atomic mass is 19.1. The fourth-order valence-electron chi connectivity index (χ4n) is 4.22. The van der Waals surface area contributed by atoms with E-state index in [2.05, 4.69) is 20.7 Å². The Morgan fingerprint density at radius 3 is 2.77 bits per heavy atom. The number of amides is 2. The second-order valence-corrected chi connectivity index (χ2v) is 7.74. The molecule has 2 aromatic carbocycles. The molecule has 9 heteroatoms. The van der Waals surface area contributed by atoms with Crippen LogP contribution in [-0.4, -0.2) is 32.6 Å². The lowest BCUT2D eigenvalue weighted by Gasteiger charge is -2.14. The Morgan fingerprint density at radius 1 is 1.16 bits per heavy atom. The molecule has 2 aliphatic heterocycles. The number of rotatable bonds is 3. The molecular formula is C22H19F2N5O2. The van der Waals surface area contributed by atoms with Crippen molar-refractivity contribution in [3.8, 4) is 0 Å². The molecule has 0 aliphatic carbocycles. The summed E-state index contributed by atoms with van der Waals surface area (Å²) >= 11 is 0. The molecule has 2 aliphatic rings. The Morgan fingerprint density at radius 2 is 1.97 bits per heavy atom. The number of hydrogen-bond donors (Lipinski definition) is 2. The predicted molar refractivity (Wildman–Crippen MR) is 107 cm³/mol. The lowest BCUT2D eigenvalue weighted by atomic mass is 9.97. The average Bonchev–Trinajstić information content (AvgIpc) is 3.30. The van der Waals surface area contributed by atoms with Crippen molar-refractivity contribution in [2.75, 3.05) is 5.32 Å². The number of nitrogens with one attached hydrogen (secondary N) is 2. The van der Waals surface area contributed by atoms with Gasteiger partial charge in [0.25, 0.3) is 5.91 Å². The smallest absolute Gasteiger partial charge is 0.291 e. The molecule has 31 heavy (non-hydrogen) atoms. The minimum atomic E-state index is -0.911. The first-order chi connectivity index (χ1) is 15.0. The molecule has 1 unspecified atom stereocenters. The number of nitrogens with zero attached hydrogens (tertiary/aromatic N) is 3. The predicted octanol–water partition coefficient (Wildman–Crippen LogP) is 2.78. The molecule has 2 atom stereocenters. The van der Waals surface area contributed by atoms with Gasteiger partial charge >= 0.3 is 0 Å². The van der Waals surface area contributed by atoms with Crippen LogP contribution in [0.25, 0.3) is 0 Å². The van der Waals surface area contributed by atoms with Crippen molar-refractivity contribution in [2.24, 2.45) is 0 Å². The highest BCUT2D eigenvalue weighted by Crippen LogP contribution is 2.32. The Labute approximate surface area is 176 Å². The molecule has 3 heterocycles. The van der Waals surface area contributed by atoms with Crippen LogP contribution in [0.4, 0.5) is 14.5 Å². The number of carbonyl (C=O) groups excluding carboxylic acids is 2. The Balaban J connectivity index is 1.32. The topological polar surface area (TPSA) is 88.9 Å². The molecule has 2 N–H and O–H groups in total. The molecule has 0 spiro atoms. The fourth-order valence-corrected chi connectivity index (χ4v) is 4.22. The van der Waals surface area contributed by atoms with Gasteiger partial charge in [-0.2, -0.15) is 0 Å². The van der Waals surface area contributed by atoms with Gasteiger partial charge in [-0.05, 0) is 36.5 Å². The van der Waals surface area contributed by atoms with Crippen molar-refractivity contribution in [1.82, 2.24) is 20.1 Å². The van der Waals surface area contributed by atoms with Crippen LogP contribution in [0.15, 0.2) is 42.5 Å². The van der Waals surface area contributed by atoms with E-state index in [1.54, 1.807) is 4.68 Å². The maximum absolute atomic E-state index is 14.0. The van der Waals surface area contributed by atoms with E-state index in [9.17, 15) is 18.4 Å². The summed E-state index contributed by atoms with van der Waals surface area (Å²) < 4.78 is 29.3. The number of halogens is 2. The van der Waals surface area contributed by atoms with Gasteiger partial charge in [-0.3, -0.25) is 9.59 Å². The van der Waals surface area contributed by atoms with Crippen molar-refractivity contribution >= 4 is 17.5 Å². The summed E-state index contributed by atoms with van der Waals surface area (Å²) in [6, 6.07) is 10.9. The summed E-state index contributed by atoms with van der Waals surface area (Å²) in [5.74, 6) is -1.93. The van der Waals surface area contributed by atoms with Crippen molar-refractivity contribution in [3.05, 3.63) is 76.9 Å². The van der Waals surface area contributed by atoms with Crippen LogP contribution in [-0.2, 0) is 17.8 Å². The van der Waals surface area contributed by atoms with E-state index in [1.165, 1.54) is 6.07 Å². The standard InChI is InChI=1S/C22H19F2N5O2/c23-14-10-13-6-7-17(21(30)26-18(13)16(24)11-14)25-22(31)19-27-20-15(8-9-29(20)28-19)12-4-2-1-3-5-12/h1-5,10-11,15,17H,6-9H2,(H,25,31)(H,26,30)/t15?,17-/m0/s1. The first-order valence-electron chi connectivity index (χ1n) is 10.1. The molecule has 0 bridgehead atoms. The summed E-state index contributed by atoms with van der Waals surface area (Å²) in [6.07, 6.45) is 1.29. The van der Waals surface area contributed by atoms with Crippen LogP contribution >= 0.6 is 0 Å². The number of hydrogen-bond acceptors (Lipinski definition) is 4. The third kappa shape index (κ3) is 3.56. The fraction of sp³-hybridized carbons (Fsp3) is 0.273. The summed E-state index contributed by atoms with van der Waals surface area (Å²) in [4.78, 5) is 29.7. The highest BCUT2D eigenvalue weighted by Gasteiger charge is 2.32. The molecule has 3 aromatic rings. The van der Waals surface area contributed by atoms with Gasteiger partial charge in [0.15, 0.2) is 0 Å². The lowest BCUT2D eigenvalue weighted by Crippen LogP contribution is -2.43. The van der Waals surface area contributed by atoms with E-state index in [4.69, 9.17) is 0 Å². The van der Waals surface area contributed by atoms with Gasteiger partial charge in [-0.15, -0.1) is 5.10 Å². The largest absolute Gasteiger partial charge is 0.337 e. The summed E-state index contributed by atoms with van der Waals surface area (Å²) in [6.45, 7) is 0.652. The van der Waals surface area contributed by atoms with Crippen LogP contribution in [0.5, 0.6) is 0 Å². The highest BCUT2D eigenvalue weighted by molar-refractivity contribution is 6.00. The molecule has 2 amide bonds. The van der Waals surface area contributed by atoms with Gasteiger partial charge in [0.1, 0.15) is 23.5 Å². The quantitative estimate of drug-likeness (QED) is 0.678. The third-order valence-electron chi connectivity index (χ3n) is 5.76. The minimum absolute atomic E-state index is 0.0117. The maximum Gasteiger partial charge on any atom is 0.291 e. The Hall–Kier alpha value is -3.62. The average molecular weight is 423 g/mol. The van der Waals surface area contributed by atoms with Gasteiger partial charge in [0.05, 0.1) is 5.69 Å². The molecule has 5 rings (SSSR count). The van der Waals surface area contributed by atoms with Crippen molar-refractivity contribution in [2.45, 2.75) is 37.8 Å². The molecular weight excluding hydrogens is 404 g/mol. The van der Waals surface area contributed by atoms with Gasteiger partial charge in [0, 0.05) is 18.5 Å². The number of aromatic nitrogens is 3. The number of anilines is 1. The number of carbonyl (C=O) groups is 2. The van der Waals surface area contributed by atoms with Crippen molar-refractivity contribution < 1.29 is 18.4 Å². The molecule has 0 radical (unpaired) electrons. The second kappa shape index (κ2) is 7.57. The molecule has 158 valence electrons. The SMILES string of the molecule is O=C(N[C@H]1CCc2cc(F)cc(F)c2NC1=O)c1nc2n(n1)CCC2c1ccccc1. The summed E-state index contributed by atoms with van der Waals surface area (Å²) in [5.41, 5.74) is 1.41. The van der Waals surface area contributed by atoms with Crippen LogP contribution < -0.4 is 10.6 Å². The maximum atomic E-state index is 14.0. The van der Waals surface area contributed by atoms with E-state index < -0.39 is 29.5 Å². The summed E-state index contributed by atoms with van der Waals surface area (Å²) in [5, 5.41) is 9.38. The van der Waals surface area contributed by atoms with Crippen molar-refractivity contribution in [3.63, 3.8) is 0 Å². The lowest BCUT2D eigenvalue weighted by molar-refractivity contribution is -0.118. The summed E-state index contributed by atoms with van der Waals surface area (Å²) in [7, 11) is 0. The van der Waals surface area contributed by atoms with Crippen molar-refractivity contribution in [1.29, 1.82) is 0 Å². The molecule has 7 nitrogen and oxygen atoms in total. The molecule has 1 aromatic heterocycles. The zero-order valence-electron chi connectivity index (χ0n) is 16.4. The first-order valence-corrected chi connectivity index (χ1v) is 10.1. The van der Waals surface area contributed by atoms with E-state index in [1.807, 2.05) is 30.3 Å². The van der Waals surface area contributed by atoms with E-state index in [-0.39, 0.29) is 30.3 Å². The monoisotopic (exact) mass is 423 g/mol. The number of fused-ring (bicyclic) bond motifs is 2. The first kappa shape index (κ1) is 19.3. The van der Waals surface area contributed by atoms with Crippen LogP contribution in [0.2, 0.25) is 0 Å². The van der Waals surface area contributed by atoms with Gasteiger partial charge < -0.3 is 10.6 Å². The Bertz CT molecular complexity index is 1180. The normalized spacial score (nSPS) is 19.9. The molecule has 0 saturated heterocycles.